The van der Waals surface area contributed by atoms with Gasteiger partial charge in [0.15, 0.2) is 0 Å². The number of nitrogens with zero attached hydrogens (tertiary/aromatic N) is 3. The molecule has 0 aliphatic carbocycles. The summed E-state index contributed by atoms with van der Waals surface area (Å²) in [5.74, 6) is -2.52. The van der Waals surface area contributed by atoms with Crippen LogP contribution in [-0.4, -0.2) is 80.2 Å². The number of halogens is 2. The molecule has 1 aliphatic rings. The molecule has 49 heavy (non-hydrogen) atoms. The number of hydrogen-bond acceptors (Lipinski definition) is 6. The van der Waals surface area contributed by atoms with Crippen LogP contribution in [0.25, 0.3) is 11.1 Å². The molecule has 0 radical (unpaired) electrons. The average molecular weight is 699 g/mol. The van der Waals surface area contributed by atoms with Crippen molar-refractivity contribution < 1.29 is 33.0 Å². The second-order valence-corrected chi connectivity index (χ2v) is 15.8. The SMILES string of the molecule is CC(C)(C)OC(=O)N1CC[C@H](CN(C(=O)CSC[C@H](N)C(=O)O)C(c2cc(-c3cc(F)ccc3F)cn2Cc2ccccc2)C(C)(C)C)C1. The number of aromatic nitrogens is 1. The van der Waals surface area contributed by atoms with E-state index in [0.717, 1.165) is 35.2 Å². The van der Waals surface area contributed by atoms with Crippen molar-refractivity contribution in [1.82, 2.24) is 14.4 Å². The molecule has 4 rings (SSSR count). The van der Waals surface area contributed by atoms with Gasteiger partial charge in [0.05, 0.1) is 11.8 Å². The first-order valence-electron chi connectivity index (χ1n) is 16.5. The van der Waals surface area contributed by atoms with Gasteiger partial charge in [0, 0.05) is 54.9 Å². The van der Waals surface area contributed by atoms with E-state index < -0.39 is 46.8 Å². The summed E-state index contributed by atoms with van der Waals surface area (Å²) in [4.78, 5) is 42.0. The lowest BCUT2D eigenvalue weighted by Crippen LogP contribution is -2.46. The molecule has 2 amide bonds. The van der Waals surface area contributed by atoms with Gasteiger partial charge < -0.3 is 29.9 Å². The van der Waals surface area contributed by atoms with E-state index in [1.165, 1.54) is 6.07 Å². The minimum Gasteiger partial charge on any atom is -0.480 e. The zero-order valence-electron chi connectivity index (χ0n) is 29.1. The van der Waals surface area contributed by atoms with Crippen LogP contribution in [-0.2, 0) is 20.9 Å². The highest BCUT2D eigenvalue weighted by Crippen LogP contribution is 2.42. The van der Waals surface area contributed by atoms with Crippen LogP contribution in [0.15, 0.2) is 60.8 Å². The number of benzene rings is 2. The molecule has 0 bridgehead atoms. The second-order valence-electron chi connectivity index (χ2n) is 14.7. The third-order valence-corrected chi connectivity index (χ3v) is 9.38. The van der Waals surface area contributed by atoms with Crippen molar-refractivity contribution >= 4 is 29.7 Å². The second kappa shape index (κ2) is 15.8. The molecule has 9 nitrogen and oxygen atoms in total. The topological polar surface area (TPSA) is 118 Å². The molecular weight excluding hydrogens is 650 g/mol. The molecule has 1 aliphatic heterocycles. The van der Waals surface area contributed by atoms with Gasteiger partial charge in [-0.3, -0.25) is 9.59 Å². The third-order valence-electron chi connectivity index (χ3n) is 8.33. The normalized spacial score (nSPS) is 16.3. The molecule has 1 fully saturated rings. The molecule has 3 atom stereocenters. The van der Waals surface area contributed by atoms with Crippen LogP contribution in [0.2, 0.25) is 0 Å². The summed E-state index contributed by atoms with van der Waals surface area (Å²) in [7, 11) is 0. The Labute approximate surface area is 291 Å². The lowest BCUT2D eigenvalue weighted by atomic mass is 9.82. The first-order chi connectivity index (χ1) is 22.9. The molecule has 266 valence electrons. The predicted octanol–water partition coefficient (Wildman–Crippen LogP) is 6.80. The van der Waals surface area contributed by atoms with E-state index in [9.17, 15) is 23.9 Å². The maximum atomic E-state index is 15.1. The molecule has 1 aromatic heterocycles. The van der Waals surface area contributed by atoms with Crippen LogP contribution < -0.4 is 5.73 Å². The number of ether oxygens (including phenoxy) is 1. The smallest absolute Gasteiger partial charge is 0.410 e. The van der Waals surface area contributed by atoms with Gasteiger partial charge in [0.1, 0.15) is 23.3 Å². The summed E-state index contributed by atoms with van der Waals surface area (Å²) >= 11 is 1.15. The Bertz CT molecular complexity index is 1620. The fraction of sp³-hybridized carbons (Fsp3) is 0.486. The molecule has 0 saturated carbocycles. The first-order valence-corrected chi connectivity index (χ1v) is 17.6. The minimum atomic E-state index is -1.14. The first kappa shape index (κ1) is 37.9. The number of carboxylic acid groups (broad SMARTS) is 1. The van der Waals surface area contributed by atoms with Crippen LogP contribution in [0.1, 0.15) is 65.3 Å². The number of likely N-dealkylation sites (tertiary alicyclic amines) is 1. The Morgan fingerprint density at radius 2 is 1.76 bits per heavy atom. The van der Waals surface area contributed by atoms with Crippen molar-refractivity contribution in [2.45, 2.75) is 72.2 Å². The number of thioether (sulfide) groups is 1. The van der Waals surface area contributed by atoms with Crippen LogP contribution >= 0.6 is 11.8 Å². The minimum absolute atomic E-state index is 0.0131. The summed E-state index contributed by atoms with van der Waals surface area (Å²) < 4.78 is 37.1. The largest absolute Gasteiger partial charge is 0.480 e. The van der Waals surface area contributed by atoms with E-state index in [4.69, 9.17) is 10.5 Å². The van der Waals surface area contributed by atoms with Crippen molar-refractivity contribution in [2.75, 3.05) is 31.1 Å². The van der Waals surface area contributed by atoms with Gasteiger partial charge in [-0.15, -0.1) is 11.8 Å². The van der Waals surface area contributed by atoms with Crippen LogP contribution in [0.3, 0.4) is 0 Å². The van der Waals surface area contributed by atoms with Gasteiger partial charge in [0.2, 0.25) is 5.91 Å². The number of carbonyl (C=O) groups excluding carboxylic acids is 2. The van der Waals surface area contributed by atoms with Gasteiger partial charge >= 0.3 is 12.1 Å². The Morgan fingerprint density at radius 3 is 2.39 bits per heavy atom. The van der Waals surface area contributed by atoms with Crippen LogP contribution in [0, 0.1) is 23.0 Å². The number of aliphatic carboxylic acids is 1. The molecule has 1 saturated heterocycles. The number of rotatable bonds is 12. The van der Waals surface area contributed by atoms with E-state index in [2.05, 4.69) is 0 Å². The molecule has 1 unspecified atom stereocenters. The molecule has 3 N–H and O–H groups in total. The summed E-state index contributed by atoms with van der Waals surface area (Å²) in [5, 5.41) is 9.29. The summed E-state index contributed by atoms with van der Waals surface area (Å²) in [6, 6.07) is 13.3. The zero-order chi connectivity index (χ0) is 36.1. The molecule has 2 aromatic carbocycles. The van der Waals surface area contributed by atoms with Gasteiger partial charge in [-0.05, 0) is 68.4 Å². The molecule has 12 heteroatoms. The Kier molecular flexibility index (Phi) is 12.2. The fourth-order valence-electron chi connectivity index (χ4n) is 6.14. The highest BCUT2D eigenvalue weighted by Gasteiger charge is 2.40. The van der Waals surface area contributed by atoms with Crippen LogP contribution in [0.5, 0.6) is 0 Å². The van der Waals surface area contributed by atoms with Crippen molar-refractivity contribution in [3.63, 3.8) is 0 Å². The van der Waals surface area contributed by atoms with Gasteiger partial charge in [-0.25, -0.2) is 13.6 Å². The number of carboxylic acids is 1. The fourth-order valence-corrected chi connectivity index (χ4v) is 7.00. The maximum Gasteiger partial charge on any atom is 0.410 e. The van der Waals surface area contributed by atoms with E-state index >= 15 is 4.39 Å². The van der Waals surface area contributed by atoms with Crippen molar-refractivity contribution in [2.24, 2.45) is 17.1 Å². The molecular formula is C37H48F2N4O5S. The van der Waals surface area contributed by atoms with Crippen molar-refractivity contribution in [3.05, 3.63) is 83.7 Å². The average Bonchev–Trinajstić information content (AvgIpc) is 3.64. The molecule has 2 heterocycles. The monoisotopic (exact) mass is 698 g/mol. The van der Waals surface area contributed by atoms with Gasteiger partial charge in [0.25, 0.3) is 0 Å². The third kappa shape index (κ3) is 10.3. The Morgan fingerprint density at radius 1 is 1.06 bits per heavy atom. The molecule has 0 spiro atoms. The van der Waals surface area contributed by atoms with E-state index in [1.807, 2.05) is 87.4 Å². The number of amides is 2. The van der Waals surface area contributed by atoms with E-state index in [0.29, 0.717) is 38.2 Å². The lowest BCUT2D eigenvalue weighted by Gasteiger charge is -2.42. The zero-order valence-corrected chi connectivity index (χ0v) is 29.9. The predicted molar refractivity (Wildman–Crippen MR) is 188 cm³/mol. The number of hydrogen-bond donors (Lipinski definition) is 2. The molecule has 3 aromatic rings. The van der Waals surface area contributed by atoms with E-state index in [1.54, 1.807) is 11.1 Å². The standard InChI is InChI=1S/C37H48F2N4O5S/c1-36(2,3)33(31-16-26(28-17-27(38)12-13-29(28)39)21-42(31)18-24-10-8-7-9-11-24)43(32(44)23-49-22-30(40)34(45)46)20-25-14-15-41(19-25)35(47)48-37(4,5)6/h7-13,16-17,21,25,30,33H,14-15,18-20,22-23,40H2,1-6H3,(H,45,46)/t25-,30-,33?/m0/s1. The quantitative estimate of drug-likeness (QED) is 0.214. The Hall–Kier alpha value is -3.90. The number of carbonyl (C=O) groups is 3. The van der Waals surface area contributed by atoms with Crippen molar-refractivity contribution in [1.29, 1.82) is 0 Å². The summed E-state index contributed by atoms with van der Waals surface area (Å²) in [5.41, 5.74) is 6.85. The van der Waals surface area contributed by atoms with Gasteiger partial charge in [-0.1, -0.05) is 51.1 Å². The highest BCUT2D eigenvalue weighted by molar-refractivity contribution is 8.00. The lowest BCUT2D eigenvalue weighted by molar-refractivity contribution is -0.138. The maximum absolute atomic E-state index is 15.1. The summed E-state index contributed by atoms with van der Waals surface area (Å²) in [6.45, 7) is 13.1. The van der Waals surface area contributed by atoms with Crippen molar-refractivity contribution in [3.8, 4) is 11.1 Å². The highest BCUT2D eigenvalue weighted by atomic mass is 32.2. The van der Waals surface area contributed by atoms with Gasteiger partial charge in [-0.2, -0.15) is 0 Å². The Balaban J connectivity index is 1.77. The number of nitrogens with two attached hydrogens (primary N) is 1. The van der Waals surface area contributed by atoms with E-state index in [-0.39, 0.29) is 28.9 Å². The summed E-state index contributed by atoms with van der Waals surface area (Å²) in [6.07, 6.45) is 2.04. The van der Waals surface area contributed by atoms with Crippen LogP contribution in [0.4, 0.5) is 13.6 Å².